The molecular weight excluding hydrogens is 265 g/mol. The highest BCUT2D eigenvalue weighted by molar-refractivity contribution is 6.35. The highest BCUT2D eigenvalue weighted by Gasteiger charge is 2.08. The maximum atomic E-state index is 5.99. The average Bonchev–Trinajstić information content (AvgIpc) is 2.27. The van der Waals surface area contributed by atoms with Crippen LogP contribution in [0.1, 0.15) is 24.1 Å². The Bertz CT molecular complexity index is 532. The molecule has 1 nitrogen and oxygen atoms in total. The molecule has 0 heterocycles. The Kier molecular flexibility index (Phi) is 4.15. The van der Waals surface area contributed by atoms with Crippen molar-refractivity contribution in [2.75, 3.05) is 5.32 Å². The fourth-order valence-electron chi connectivity index (χ4n) is 2.04. The van der Waals surface area contributed by atoms with Gasteiger partial charge in [0.1, 0.15) is 0 Å². The van der Waals surface area contributed by atoms with Crippen LogP contribution in [0.2, 0.25) is 10.0 Å². The molecule has 18 heavy (non-hydrogen) atoms. The predicted molar refractivity (Wildman–Crippen MR) is 79.7 cm³/mol. The van der Waals surface area contributed by atoms with Gasteiger partial charge in [-0.05, 0) is 43.2 Å². The summed E-state index contributed by atoms with van der Waals surface area (Å²) in [7, 11) is 0. The van der Waals surface area contributed by atoms with E-state index in [0.717, 1.165) is 5.69 Å². The molecule has 94 valence electrons. The molecule has 0 bridgehead atoms. The highest BCUT2D eigenvalue weighted by atomic mass is 35.5. The lowest BCUT2D eigenvalue weighted by atomic mass is 10.0. The number of hydrogen-bond acceptors (Lipinski definition) is 1. The van der Waals surface area contributed by atoms with E-state index in [-0.39, 0.29) is 6.04 Å². The molecule has 1 N–H and O–H groups in total. The molecule has 0 saturated heterocycles. The molecule has 0 aliphatic heterocycles. The van der Waals surface area contributed by atoms with Crippen LogP contribution >= 0.6 is 23.2 Å². The second-order valence-corrected chi connectivity index (χ2v) is 5.25. The lowest BCUT2D eigenvalue weighted by molar-refractivity contribution is 0.874. The van der Waals surface area contributed by atoms with Gasteiger partial charge >= 0.3 is 0 Å². The van der Waals surface area contributed by atoms with E-state index in [1.807, 2.05) is 24.3 Å². The molecule has 0 amide bonds. The molecule has 0 aromatic heterocycles. The van der Waals surface area contributed by atoms with Gasteiger partial charge in [0.2, 0.25) is 0 Å². The highest BCUT2D eigenvalue weighted by Crippen LogP contribution is 2.26. The SMILES string of the molecule is Cc1ccccc1C(C)Nc1cc(Cl)cc(Cl)c1. The minimum Gasteiger partial charge on any atom is -0.378 e. The molecule has 0 aliphatic carbocycles. The second kappa shape index (κ2) is 5.64. The van der Waals surface area contributed by atoms with Crippen LogP contribution in [0, 0.1) is 6.92 Å². The van der Waals surface area contributed by atoms with Gasteiger partial charge in [-0.3, -0.25) is 0 Å². The van der Waals surface area contributed by atoms with Gasteiger partial charge in [0, 0.05) is 21.8 Å². The van der Waals surface area contributed by atoms with Crippen molar-refractivity contribution in [2.24, 2.45) is 0 Å². The van der Waals surface area contributed by atoms with Crippen molar-refractivity contribution in [2.45, 2.75) is 19.9 Å². The summed E-state index contributed by atoms with van der Waals surface area (Å²) in [5, 5.41) is 4.69. The van der Waals surface area contributed by atoms with Crippen molar-refractivity contribution >= 4 is 28.9 Å². The average molecular weight is 280 g/mol. The summed E-state index contributed by atoms with van der Waals surface area (Å²) in [4.78, 5) is 0. The molecule has 0 radical (unpaired) electrons. The minimum absolute atomic E-state index is 0.209. The van der Waals surface area contributed by atoms with Crippen molar-refractivity contribution < 1.29 is 0 Å². The fraction of sp³-hybridized carbons (Fsp3) is 0.200. The number of hydrogen-bond donors (Lipinski definition) is 1. The van der Waals surface area contributed by atoms with Crippen LogP contribution in [0.15, 0.2) is 42.5 Å². The number of benzene rings is 2. The smallest absolute Gasteiger partial charge is 0.0488 e. The Morgan fingerprint density at radius 1 is 1.00 bits per heavy atom. The monoisotopic (exact) mass is 279 g/mol. The molecule has 0 saturated carbocycles. The van der Waals surface area contributed by atoms with E-state index >= 15 is 0 Å². The zero-order valence-electron chi connectivity index (χ0n) is 10.4. The Balaban J connectivity index is 2.21. The third-order valence-electron chi connectivity index (χ3n) is 2.90. The molecule has 0 fully saturated rings. The Morgan fingerprint density at radius 2 is 1.61 bits per heavy atom. The summed E-state index contributed by atoms with van der Waals surface area (Å²) in [6.45, 7) is 4.23. The summed E-state index contributed by atoms with van der Waals surface area (Å²) in [6.07, 6.45) is 0. The van der Waals surface area contributed by atoms with Gasteiger partial charge in [-0.15, -0.1) is 0 Å². The normalized spacial score (nSPS) is 12.2. The van der Waals surface area contributed by atoms with E-state index in [4.69, 9.17) is 23.2 Å². The van der Waals surface area contributed by atoms with E-state index in [1.165, 1.54) is 11.1 Å². The largest absolute Gasteiger partial charge is 0.378 e. The van der Waals surface area contributed by atoms with E-state index < -0.39 is 0 Å². The van der Waals surface area contributed by atoms with E-state index in [2.05, 4.69) is 31.3 Å². The minimum atomic E-state index is 0.209. The molecule has 0 aliphatic rings. The maximum absolute atomic E-state index is 5.99. The summed E-state index contributed by atoms with van der Waals surface area (Å²) in [5.41, 5.74) is 3.47. The molecule has 1 atom stereocenters. The van der Waals surface area contributed by atoms with Crippen LogP contribution in [0.25, 0.3) is 0 Å². The van der Waals surface area contributed by atoms with Crippen LogP contribution in [-0.2, 0) is 0 Å². The van der Waals surface area contributed by atoms with Crippen molar-refractivity contribution in [1.82, 2.24) is 0 Å². The Hall–Kier alpha value is -1.18. The Morgan fingerprint density at radius 3 is 2.22 bits per heavy atom. The summed E-state index contributed by atoms with van der Waals surface area (Å²) >= 11 is 12.0. The lowest BCUT2D eigenvalue weighted by Gasteiger charge is -2.18. The summed E-state index contributed by atoms with van der Waals surface area (Å²) < 4.78 is 0. The zero-order chi connectivity index (χ0) is 13.1. The first-order chi connectivity index (χ1) is 8.56. The predicted octanol–water partition coefficient (Wildman–Crippen LogP) is 5.47. The van der Waals surface area contributed by atoms with Gasteiger partial charge in [0.05, 0.1) is 0 Å². The van der Waals surface area contributed by atoms with Crippen molar-refractivity contribution in [3.05, 3.63) is 63.6 Å². The number of nitrogens with one attached hydrogen (secondary N) is 1. The van der Waals surface area contributed by atoms with Crippen molar-refractivity contribution in [3.8, 4) is 0 Å². The van der Waals surface area contributed by atoms with Crippen molar-refractivity contribution in [3.63, 3.8) is 0 Å². The van der Waals surface area contributed by atoms with Gasteiger partial charge in [-0.1, -0.05) is 47.5 Å². The van der Waals surface area contributed by atoms with Gasteiger partial charge in [-0.25, -0.2) is 0 Å². The van der Waals surface area contributed by atoms with Crippen LogP contribution < -0.4 is 5.32 Å². The molecular formula is C15H15Cl2N. The van der Waals surface area contributed by atoms with Crippen molar-refractivity contribution in [1.29, 1.82) is 0 Å². The van der Waals surface area contributed by atoms with E-state index in [0.29, 0.717) is 10.0 Å². The zero-order valence-corrected chi connectivity index (χ0v) is 11.9. The van der Waals surface area contributed by atoms with E-state index in [1.54, 1.807) is 6.07 Å². The first kappa shape index (κ1) is 13.3. The number of rotatable bonds is 3. The van der Waals surface area contributed by atoms with Crippen LogP contribution in [0.5, 0.6) is 0 Å². The number of aryl methyl sites for hydroxylation is 1. The van der Waals surface area contributed by atoms with Gasteiger partial charge in [-0.2, -0.15) is 0 Å². The molecule has 2 rings (SSSR count). The maximum Gasteiger partial charge on any atom is 0.0488 e. The topological polar surface area (TPSA) is 12.0 Å². The third-order valence-corrected chi connectivity index (χ3v) is 3.34. The quantitative estimate of drug-likeness (QED) is 0.785. The lowest BCUT2D eigenvalue weighted by Crippen LogP contribution is -2.08. The third kappa shape index (κ3) is 3.18. The van der Waals surface area contributed by atoms with Crippen LogP contribution in [-0.4, -0.2) is 0 Å². The first-order valence-electron chi connectivity index (χ1n) is 5.84. The van der Waals surface area contributed by atoms with Gasteiger partial charge in [0.25, 0.3) is 0 Å². The molecule has 2 aromatic rings. The molecule has 2 aromatic carbocycles. The Labute approximate surface area is 118 Å². The van der Waals surface area contributed by atoms with Gasteiger partial charge in [0.15, 0.2) is 0 Å². The number of anilines is 1. The van der Waals surface area contributed by atoms with Crippen LogP contribution in [0.3, 0.4) is 0 Å². The van der Waals surface area contributed by atoms with Gasteiger partial charge < -0.3 is 5.32 Å². The molecule has 3 heteroatoms. The van der Waals surface area contributed by atoms with E-state index in [9.17, 15) is 0 Å². The summed E-state index contributed by atoms with van der Waals surface area (Å²) in [5.74, 6) is 0. The summed E-state index contributed by atoms with van der Waals surface area (Å²) in [6, 6.07) is 14.0. The first-order valence-corrected chi connectivity index (χ1v) is 6.60. The standard InChI is InChI=1S/C15H15Cl2N/c1-10-5-3-4-6-15(10)11(2)18-14-8-12(16)7-13(17)9-14/h3-9,11,18H,1-2H3. The fourth-order valence-corrected chi connectivity index (χ4v) is 2.56. The second-order valence-electron chi connectivity index (χ2n) is 4.38. The van der Waals surface area contributed by atoms with Crippen LogP contribution in [0.4, 0.5) is 5.69 Å². The number of halogens is 2. The molecule has 1 unspecified atom stereocenters. The molecule has 0 spiro atoms.